The molecule has 0 aliphatic heterocycles. The third-order valence-electron chi connectivity index (χ3n) is 8.02. The molecule has 0 aliphatic carbocycles. The molecule has 0 heteroatoms. The number of hydrogen-bond donors (Lipinski definition) is 0. The smallest absolute Gasteiger partial charge is 0.00133 e. The van der Waals surface area contributed by atoms with Gasteiger partial charge in [-0.1, -0.05) is 91.0 Å². The Balaban J connectivity index is 1.51. The summed E-state index contributed by atoms with van der Waals surface area (Å²) in [5, 5.41) is 13.8. The zero-order valence-electron chi connectivity index (χ0n) is 19.9. The molecule has 0 bridgehead atoms. The van der Waals surface area contributed by atoms with Crippen LogP contribution in [0.5, 0.6) is 0 Å². The van der Waals surface area contributed by atoms with Crippen LogP contribution in [0.4, 0.5) is 0 Å². The van der Waals surface area contributed by atoms with E-state index in [1.807, 2.05) is 0 Å². The van der Waals surface area contributed by atoms with Crippen LogP contribution in [-0.2, 0) is 6.42 Å². The fourth-order valence-electron chi connectivity index (χ4n) is 6.29. The van der Waals surface area contributed by atoms with Gasteiger partial charge < -0.3 is 0 Å². The normalized spacial score (nSPS) is 12.1. The van der Waals surface area contributed by atoms with Gasteiger partial charge in [-0.15, -0.1) is 0 Å². The number of rotatable bonds is 2. The predicted molar refractivity (Wildman–Crippen MR) is 149 cm³/mol. The van der Waals surface area contributed by atoms with Crippen LogP contribution in [0, 0.1) is 20.8 Å². The van der Waals surface area contributed by atoms with Crippen LogP contribution in [0.2, 0.25) is 0 Å². The van der Waals surface area contributed by atoms with Crippen LogP contribution >= 0.6 is 0 Å². The van der Waals surface area contributed by atoms with Gasteiger partial charge in [0, 0.05) is 0 Å². The van der Waals surface area contributed by atoms with E-state index >= 15 is 0 Å². The van der Waals surface area contributed by atoms with Crippen molar-refractivity contribution in [3.63, 3.8) is 0 Å². The first-order chi connectivity index (χ1) is 16.6. The lowest BCUT2D eigenvalue weighted by atomic mass is 9.86. The van der Waals surface area contributed by atoms with Crippen molar-refractivity contribution in [2.45, 2.75) is 27.2 Å². The second-order valence-corrected chi connectivity index (χ2v) is 9.84. The molecule has 0 saturated heterocycles. The Morgan fingerprint density at radius 1 is 0.412 bits per heavy atom. The molecule has 0 nitrogen and oxygen atoms in total. The Bertz CT molecular complexity index is 1900. The van der Waals surface area contributed by atoms with Crippen molar-refractivity contribution in [1.82, 2.24) is 0 Å². The lowest BCUT2D eigenvalue weighted by molar-refractivity contribution is 1.23. The highest BCUT2D eigenvalue weighted by atomic mass is 14.2. The van der Waals surface area contributed by atoms with Crippen LogP contribution < -0.4 is 0 Å². The Hall–Kier alpha value is -3.90. The maximum absolute atomic E-state index is 2.34. The monoisotopic (exact) mass is 434 g/mol. The van der Waals surface area contributed by atoms with Gasteiger partial charge in [-0.05, 0) is 109 Å². The highest BCUT2D eigenvalue weighted by Gasteiger charge is 2.15. The molecule has 0 atom stereocenters. The zero-order chi connectivity index (χ0) is 23.0. The molecule has 0 aliphatic rings. The third-order valence-corrected chi connectivity index (χ3v) is 8.02. The van der Waals surface area contributed by atoms with Crippen molar-refractivity contribution >= 4 is 53.9 Å². The van der Waals surface area contributed by atoms with Gasteiger partial charge in [-0.2, -0.15) is 0 Å². The summed E-state index contributed by atoms with van der Waals surface area (Å²) in [6, 6.07) is 34.1. The van der Waals surface area contributed by atoms with Crippen LogP contribution in [0.25, 0.3) is 53.9 Å². The number of hydrogen-bond acceptors (Lipinski definition) is 0. The first kappa shape index (κ1) is 19.6. The molecule has 0 fully saturated rings. The van der Waals surface area contributed by atoms with Crippen molar-refractivity contribution in [2.24, 2.45) is 0 Å². The Labute approximate surface area is 199 Å². The molecule has 7 aromatic carbocycles. The summed E-state index contributed by atoms with van der Waals surface area (Å²) in [6.07, 6.45) is 0.934. The molecule has 0 amide bonds. The second kappa shape index (κ2) is 7.05. The summed E-state index contributed by atoms with van der Waals surface area (Å²) in [4.78, 5) is 0. The average Bonchev–Trinajstić information content (AvgIpc) is 2.87. The average molecular weight is 435 g/mol. The van der Waals surface area contributed by atoms with E-state index in [1.165, 1.54) is 81.7 Å². The van der Waals surface area contributed by atoms with E-state index in [2.05, 4.69) is 112 Å². The van der Waals surface area contributed by atoms with Crippen molar-refractivity contribution in [2.75, 3.05) is 0 Å². The van der Waals surface area contributed by atoms with E-state index in [1.54, 1.807) is 0 Å². The SMILES string of the molecule is Cc1c2ccccc2c(C)c2c(Cc3ccc4ccc5c(C)ccc6ccc3c4c65)cccc12. The largest absolute Gasteiger partial charge is 0.0616 e. The molecular formula is C34H26. The molecule has 0 heterocycles. The predicted octanol–water partition coefficient (Wildman–Crippen LogP) is 9.41. The van der Waals surface area contributed by atoms with Gasteiger partial charge in [0.1, 0.15) is 0 Å². The molecule has 0 N–H and O–H groups in total. The number of benzene rings is 7. The molecule has 0 saturated carbocycles. The van der Waals surface area contributed by atoms with E-state index < -0.39 is 0 Å². The number of aryl methyl sites for hydroxylation is 3. The van der Waals surface area contributed by atoms with Crippen LogP contribution in [0.3, 0.4) is 0 Å². The molecule has 0 unspecified atom stereocenters. The van der Waals surface area contributed by atoms with Crippen LogP contribution in [0.1, 0.15) is 27.8 Å². The van der Waals surface area contributed by atoms with E-state index in [0.717, 1.165) is 6.42 Å². The maximum atomic E-state index is 2.34. The second-order valence-electron chi connectivity index (χ2n) is 9.84. The van der Waals surface area contributed by atoms with Crippen LogP contribution in [-0.4, -0.2) is 0 Å². The quantitative estimate of drug-likeness (QED) is 0.188. The first-order valence-corrected chi connectivity index (χ1v) is 12.2. The van der Waals surface area contributed by atoms with Gasteiger partial charge in [0.15, 0.2) is 0 Å². The summed E-state index contributed by atoms with van der Waals surface area (Å²) < 4.78 is 0. The Morgan fingerprint density at radius 2 is 1.03 bits per heavy atom. The Morgan fingerprint density at radius 3 is 1.82 bits per heavy atom. The summed E-state index contributed by atoms with van der Waals surface area (Å²) in [7, 11) is 0. The van der Waals surface area contributed by atoms with E-state index in [9.17, 15) is 0 Å². The van der Waals surface area contributed by atoms with Gasteiger partial charge in [0.2, 0.25) is 0 Å². The molecule has 34 heavy (non-hydrogen) atoms. The number of fused-ring (bicyclic) bond motifs is 2. The standard InChI is InChI=1S/C34H26/c1-20-11-12-23-16-18-31-25(14-13-24-15-17-27(20)33(23)34(24)31)19-26-7-6-10-30-21(2)28-8-4-5-9-29(28)22(3)32(26)30/h4-18H,19H2,1-3H3. The lowest BCUT2D eigenvalue weighted by Crippen LogP contribution is -1.96. The highest BCUT2D eigenvalue weighted by Crippen LogP contribution is 2.39. The minimum atomic E-state index is 0.934. The lowest BCUT2D eigenvalue weighted by Gasteiger charge is -2.18. The van der Waals surface area contributed by atoms with Gasteiger partial charge in [0.05, 0.1) is 0 Å². The fraction of sp³-hybridized carbons (Fsp3) is 0.118. The third kappa shape index (κ3) is 2.60. The van der Waals surface area contributed by atoms with Crippen molar-refractivity contribution in [3.8, 4) is 0 Å². The minimum Gasteiger partial charge on any atom is -0.0616 e. The first-order valence-electron chi connectivity index (χ1n) is 12.2. The molecule has 162 valence electrons. The fourth-order valence-corrected chi connectivity index (χ4v) is 6.29. The minimum absolute atomic E-state index is 0.934. The molecule has 7 aromatic rings. The van der Waals surface area contributed by atoms with E-state index in [4.69, 9.17) is 0 Å². The molecule has 0 spiro atoms. The summed E-state index contributed by atoms with van der Waals surface area (Å²) in [5.41, 5.74) is 6.93. The molecule has 0 aromatic heterocycles. The molecular weight excluding hydrogens is 408 g/mol. The van der Waals surface area contributed by atoms with Crippen LogP contribution in [0.15, 0.2) is 91.0 Å². The Kier molecular flexibility index (Phi) is 4.05. The maximum Gasteiger partial charge on any atom is -0.00133 e. The summed E-state index contributed by atoms with van der Waals surface area (Å²) >= 11 is 0. The highest BCUT2D eigenvalue weighted by molar-refractivity contribution is 6.24. The summed E-state index contributed by atoms with van der Waals surface area (Å²) in [5.74, 6) is 0. The summed E-state index contributed by atoms with van der Waals surface area (Å²) in [6.45, 7) is 6.78. The van der Waals surface area contributed by atoms with Gasteiger partial charge in [-0.3, -0.25) is 0 Å². The molecule has 0 radical (unpaired) electrons. The van der Waals surface area contributed by atoms with Crippen molar-refractivity contribution < 1.29 is 0 Å². The van der Waals surface area contributed by atoms with Gasteiger partial charge in [-0.25, -0.2) is 0 Å². The van der Waals surface area contributed by atoms with Crippen molar-refractivity contribution in [1.29, 1.82) is 0 Å². The topological polar surface area (TPSA) is 0 Å². The van der Waals surface area contributed by atoms with Gasteiger partial charge in [0.25, 0.3) is 0 Å². The van der Waals surface area contributed by atoms with E-state index in [-0.39, 0.29) is 0 Å². The van der Waals surface area contributed by atoms with E-state index in [0.29, 0.717) is 0 Å². The van der Waals surface area contributed by atoms with Crippen molar-refractivity contribution in [3.05, 3.63) is 119 Å². The van der Waals surface area contributed by atoms with Gasteiger partial charge >= 0.3 is 0 Å². The zero-order valence-corrected chi connectivity index (χ0v) is 19.9. The molecule has 7 rings (SSSR count).